The molecule has 1 fully saturated rings. The Kier molecular flexibility index (Phi) is 5.88. The number of aromatic nitrogens is 2. The van der Waals surface area contributed by atoms with Gasteiger partial charge < -0.3 is 14.5 Å². The van der Waals surface area contributed by atoms with Gasteiger partial charge in [-0.2, -0.15) is 5.10 Å². The molecule has 1 saturated heterocycles. The molecule has 0 spiro atoms. The third kappa shape index (κ3) is 4.11. The molecule has 1 amide bonds. The number of halogens is 2. The molecule has 8 heteroatoms. The fourth-order valence-electron chi connectivity index (χ4n) is 3.65. The van der Waals surface area contributed by atoms with Crippen molar-refractivity contribution in [3.8, 4) is 11.4 Å². The van der Waals surface area contributed by atoms with Crippen LogP contribution < -0.4 is 9.64 Å². The van der Waals surface area contributed by atoms with Gasteiger partial charge in [0.05, 0.1) is 24.2 Å². The number of anilines is 1. The highest BCUT2D eigenvalue weighted by Crippen LogP contribution is 2.32. The molecule has 6 nitrogen and oxygen atoms in total. The van der Waals surface area contributed by atoms with E-state index in [1.165, 1.54) is 0 Å². The molecule has 0 bridgehead atoms. The minimum atomic E-state index is -0.0386. The molecule has 2 heterocycles. The van der Waals surface area contributed by atoms with Crippen LogP contribution in [0.4, 0.5) is 5.69 Å². The van der Waals surface area contributed by atoms with Crippen molar-refractivity contribution in [1.82, 2.24) is 14.7 Å². The molecule has 0 saturated carbocycles. The summed E-state index contributed by atoms with van der Waals surface area (Å²) in [5, 5.41) is 5.81. The molecule has 0 unspecified atom stereocenters. The van der Waals surface area contributed by atoms with E-state index in [2.05, 4.69) is 10.00 Å². The molecule has 0 atom stereocenters. The Morgan fingerprint density at radius 2 is 1.63 bits per heavy atom. The summed E-state index contributed by atoms with van der Waals surface area (Å²) >= 11 is 12.2. The number of rotatable bonds is 4. The molecular weight excluding hydrogens is 423 g/mol. The second-order valence-electron chi connectivity index (χ2n) is 7.15. The molecule has 1 aromatic heterocycles. The molecule has 4 rings (SSSR count). The van der Waals surface area contributed by atoms with Crippen molar-refractivity contribution in [3.63, 3.8) is 0 Å². The Bertz CT molecular complexity index is 1060. The SMILES string of the molecule is COc1ccc(Cl)cc1N1CCN(C(=O)c2cc(C)nn2-c2ccc(Cl)cc2)CC1. The summed E-state index contributed by atoms with van der Waals surface area (Å²) in [6.45, 7) is 4.46. The number of carbonyl (C=O) groups is 1. The van der Waals surface area contributed by atoms with Gasteiger partial charge in [-0.25, -0.2) is 4.68 Å². The number of benzene rings is 2. The number of hydrogen-bond donors (Lipinski definition) is 0. The summed E-state index contributed by atoms with van der Waals surface area (Å²) in [5.74, 6) is 0.735. The normalized spacial score (nSPS) is 14.1. The third-order valence-corrected chi connectivity index (χ3v) is 5.66. The van der Waals surface area contributed by atoms with E-state index in [9.17, 15) is 4.79 Å². The van der Waals surface area contributed by atoms with E-state index in [4.69, 9.17) is 27.9 Å². The Labute approximate surface area is 185 Å². The Morgan fingerprint density at radius 3 is 2.30 bits per heavy atom. The van der Waals surface area contributed by atoms with Crippen LogP contribution in [0, 0.1) is 6.92 Å². The molecule has 2 aromatic carbocycles. The summed E-state index contributed by atoms with van der Waals surface area (Å²) in [7, 11) is 1.65. The first-order valence-electron chi connectivity index (χ1n) is 9.66. The molecule has 30 heavy (non-hydrogen) atoms. The predicted octanol–water partition coefficient (Wildman–Crippen LogP) is 4.46. The zero-order valence-corrected chi connectivity index (χ0v) is 18.3. The first-order valence-corrected chi connectivity index (χ1v) is 10.4. The third-order valence-electron chi connectivity index (χ3n) is 5.17. The number of nitrogens with zero attached hydrogens (tertiary/aromatic N) is 4. The van der Waals surface area contributed by atoms with Crippen LogP contribution >= 0.6 is 23.2 Å². The lowest BCUT2D eigenvalue weighted by Gasteiger charge is -2.36. The van der Waals surface area contributed by atoms with E-state index >= 15 is 0 Å². The van der Waals surface area contributed by atoms with Crippen LogP contribution in [-0.2, 0) is 0 Å². The van der Waals surface area contributed by atoms with Gasteiger partial charge in [-0.1, -0.05) is 23.2 Å². The van der Waals surface area contributed by atoms with Crippen molar-refractivity contribution in [3.05, 3.63) is 70.0 Å². The molecule has 0 N–H and O–H groups in total. The van der Waals surface area contributed by atoms with Crippen LogP contribution in [0.1, 0.15) is 16.2 Å². The largest absolute Gasteiger partial charge is 0.495 e. The number of ether oxygens (including phenoxy) is 1. The summed E-state index contributed by atoms with van der Waals surface area (Å²) in [6, 6.07) is 14.7. The number of hydrogen-bond acceptors (Lipinski definition) is 4. The van der Waals surface area contributed by atoms with Crippen LogP contribution in [0.15, 0.2) is 48.5 Å². The van der Waals surface area contributed by atoms with Crippen molar-refractivity contribution < 1.29 is 9.53 Å². The van der Waals surface area contributed by atoms with Crippen molar-refractivity contribution >= 4 is 34.8 Å². The van der Waals surface area contributed by atoms with E-state index in [-0.39, 0.29) is 5.91 Å². The average Bonchev–Trinajstić information content (AvgIpc) is 3.15. The number of amides is 1. The minimum Gasteiger partial charge on any atom is -0.495 e. The number of carbonyl (C=O) groups excluding carboxylic acids is 1. The van der Waals surface area contributed by atoms with Gasteiger partial charge in [-0.3, -0.25) is 4.79 Å². The molecular formula is C22H22Cl2N4O2. The lowest BCUT2D eigenvalue weighted by atomic mass is 10.2. The summed E-state index contributed by atoms with van der Waals surface area (Å²) in [5.41, 5.74) is 3.08. The van der Waals surface area contributed by atoms with Gasteiger partial charge in [0, 0.05) is 36.2 Å². The number of aryl methyl sites for hydroxylation is 1. The molecule has 1 aliphatic rings. The summed E-state index contributed by atoms with van der Waals surface area (Å²) in [4.78, 5) is 17.3. The minimum absolute atomic E-state index is 0.0386. The molecule has 1 aliphatic heterocycles. The Morgan fingerprint density at radius 1 is 0.967 bits per heavy atom. The first kappa shape index (κ1) is 20.6. The maximum Gasteiger partial charge on any atom is 0.272 e. The summed E-state index contributed by atoms with van der Waals surface area (Å²) in [6.07, 6.45) is 0. The number of piperazine rings is 1. The average molecular weight is 445 g/mol. The van der Waals surface area contributed by atoms with Gasteiger partial charge in [-0.15, -0.1) is 0 Å². The van der Waals surface area contributed by atoms with Crippen LogP contribution in [0.25, 0.3) is 5.69 Å². The van der Waals surface area contributed by atoms with Crippen LogP contribution in [0.2, 0.25) is 10.0 Å². The van der Waals surface area contributed by atoms with Crippen LogP contribution in [0.5, 0.6) is 5.75 Å². The second-order valence-corrected chi connectivity index (χ2v) is 8.03. The van der Waals surface area contributed by atoms with Gasteiger partial charge in [-0.05, 0) is 55.5 Å². The topological polar surface area (TPSA) is 50.6 Å². The van der Waals surface area contributed by atoms with E-state index < -0.39 is 0 Å². The Hall–Kier alpha value is -2.70. The van der Waals surface area contributed by atoms with Crippen molar-refractivity contribution in [1.29, 1.82) is 0 Å². The van der Waals surface area contributed by atoms with Crippen molar-refractivity contribution in [2.75, 3.05) is 38.2 Å². The van der Waals surface area contributed by atoms with Crippen LogP contribution in [0.3, 0.4) is 0 Å². The molecule has 3 aromatic rings. The highest BCUT2D eigenvalue weighted by Gasteiger charge is 2.26. The zero-order chi connectivity index (χ0) is 21.3. The van der Waals surface area contributed by atoms with Crippen molar-refractivity contribution in [2.24, 2.45) is 0 Å². The first-order chi connectivity index (χ1) is 14.5. The Balaban J connectivity index is 1.52. The monoisotopic (exact) mass is 444 g/mol. The van der Waals surface area contributed by atoms with Crippen molar-refractivity contribution in [2.45, 2.75) is 6.92 Å². The maximum atomic E-state index is 13.3. The fraction of sp³-hybridized carbons (Fsp3) is 0.273. The van der Waals surface area contributed by atoms with E-state index in [1.54, 1.807) is 23.9 Å². The van der Waals surface area contributed by atoms with Gasteiger partial charge in [0.1, 0.15) is 11.4 Å². The maximum absolute atomic E-state index is 13.3. The van der Waals surface area contributed by atoms with Gasteiger partial charge in [0.15, 0.2) is 0 Å². The van der Waals surface area contributed by atoms with E-state index in [0.29, 0.717) is 41.9 Å². The van der Waals surface area contributed by atoms with Gasteiger partial charge in [0.2, 0.25) is 0 Å². The lowest BCUT2D eigenvalue weighted by molar-refractivity contribution is 0.0737. The second kappa shape index (κ2) is 8.58. The van der Waals surface area contributed by atoms with Crippen LogP contribution in [-0.4, -0.2) is 53.9 Å². The molecule has 0 radical (unpaired) electrons. The zero-order valence-electron chi connectivity index (χ0n) is 16.8. The highest BCUT2D eigenvalue weighted by atomic mass is 35.5. The fourth-order valence-corrected chi connectivity index (χ4v) is 3.95. The quantitative estimate of drug-likeness (QED) is 0.595. The standard InChI is InChI=1S/C22H22Cl2N4O2/c1-15-13-20(28(25-15)18-6-3-16(23)4-7-18)22(29)27-11-9-26(10-12-27)19-14-17(24)5-8-21(19)30-2/h3-8,13-14H,9-12H2,1-2H3. The summed E-state index contributed by atoms with van der Waals surface area (Å²) < 4.78 is 7.15. The smallest absolute Gasteiger partial charge is 0.272 e. The van der Waals surface area contributed by atoms with E-state index in [1.807, 2.05) is 48.2 Å². The van der Waals surface area contributed by atoms with E-state index in [0.717, 1.165) is 22.8 Å². The lowest BCUT2D eigenvalue weighted by Crippen LogP contribution is -2.49. The molecule has 156 valence electrons. The van der Waals surface area contributed by atoms with Gasteiger partial charge in [0.25, 0.3) is 5.91 Å². The van der Waals surface area contributed by atoms with Gasteiger partial charge >= 0.3 is 0 Å². The number of methoxy groups -OCH3 is 1. The highest BCUT2D eigenvalue weighted by molar-refractivity contribution is 6.31. The molecule has 0 aliphatic carbocycles. The predicted molar refractivity (Wildman–Crippen MR) is 119 cm³/mol.